The molecule has 0 aliphatic carbocycles. The molecule has 3 heteroatoms. The first kappa shape index (κ1) is 12.5. The maximum absolute atomic E-state index is 11.9. The maximum Gasteiger partial charge on any atom is 0.311 e. The average Bonchev–Trinajstić information content (AvgIpc) is 2.21. The van der Waals surface area contributed by atoms with Crippen molar-refractivity contribution < 1.29 is 9.53 Å². The second kappa shape index (κ2) is 4.97. The quantitative estimate of drug-likeness (QED) is 0.728. The summed E-state index contributed by atoms with van der Waals surface area (Å²) in [5.74, 6) is 0.374. The summed E-state index contributed by atoms with van der Waals surface area (Å²) in [6.45, 7) is 9.94. The normalized spacial score (nSPS) is 27.5. The Hall–Kier alpha value is -0.570. The number of esters is 1. The summed E-state index contributed by atoms with van der Waals surface area (Å²) >= 11 is 0. The molecule has 88 valence electrons. The molecule has 0 aromatic carbocycles. The van der Waals surface area contributed by atoms with Gasteiger partial charge < -0.3 is 10.1 Å². The zero-order valence-electron chi connectivity index (χ0n) is 10.3. The lowest BCUT2D eigenvalue weighted by Crippen LogP contribution is -2.42. The van der Waals surface area contributed by atoms with E-state index in [9.17, 15) is 4.79 Å². The first-order valence-electron chi connectivity index (χ1n) is 5.89. The SMILES string of the molecule is CCC(C)(C)C(=O)O[C@H]1CCNC[C@@H]1C. The van der Waals surface area contributed by atoms with Crippen LogP contribution in [0.5, 0.6) is 0 Å². The van der Waals surface area contributed by atoms with Crippen LogP contribution in [-0.4, -0.2) is 25.2 Å². The van der Waals surface area contributed by atoms with Gasteiger partial charge >= 0.3 is 5.97 Å². The predicted molar refractivity (Wildman–Crippen MR) is 60.6 cm³/mol. The summed E-state index contributed by atoms with van der Waals surface area (Å²) < 4.78 is 5.58. The summed E-state index contributed by atoms with van der Waals surface area (Å²) in [4.78, 5) is 11.9. The van der Waals surface area contributed by atoms with E-state index < -0.39 is 0 Å². The second-order valence-corrected chi connectivity index (χ2v) is 5.15. The summed E-state index contributed by atoms with van der Waals surface area (Å²) in [6, 6.07) is 0. The van der Waals surface area contributed by atoms with Crippen molar-refractivity contribution in [1.82, 2.24) is 5.32 Å². The first-order chi connectivity index (χ1) is 6.97. The van der Waals surface area contributed by atoms with Crippen molar-refractivity contribution in [1.29, 1.82) is 0 Å². The number of hydrogen-bond acceptors (Lipinski definition) is 3. The summed E-state index contributed by atoms with van der Waals surface area (Å²) in [7, 11) is 0. The number of piperidine rings is 1. The Kier molecular flexibility index (Phi) is 4.14. The van der Waals surface area contributed by atoms with E-state index >= 15 is 0 Å². The molecular formula is C12H23NO2. The molecule has 1 aliphatic heterocycles. The molecule has 1 aliphatic rings. The largest absolute Gasteiger partial charge is 0.462 e. The summed E-state index contributed by atoms with van der Waals surface area (Å²) in [6.07, 6.45) is 1.86. The van der Waals surface area contributed by atoms with E-state index in [0.29, 0.717) is 5.92 Å². The van der Waals surface area contributed by atoms with Crippen molar-refractivity contribution in [2.45, 2.75) is 46.6 Å². The molecule has 0 radical (unpaired) electrons. The van der Waals surface area contributed by atoms with Gasteiger partial charge in [0, 0.05) is 12.5 Å². The number of carbonyl (C=O) groups is 1. The highest BCUT2D eigenvalue weighted by Crippen LogP contribution is 2.25. The molecule has 1 heterocycles. The fraction of sp³-hybridized carbons (Fsp3) is 0.917. The third-order valence-electron chi connectivity index (χ3n) is 3.40. The van der Waals surface area contributed by atoms with Gasteiger partial charge in [0.1, 0.15) is 6.10 Å². The van der Waals surface area contributed by atoms with Crippen LogP contribution in [0.2, 0.25) is 0 Å². The van der Waals surface area contributed by atoms with Crippen molar-refractivity contribution in [3.63, 3.8) is 0 Å². The molecular weight excluding hydrogens is 190 g/mol. The van der Waals surface area contributed by atoms with Crippen LogP contribution in [0.3, 0.4) is 0 Å². The van der Waals surface area contributed by atoms with Gasteiger partial charge in [-0.1, -0.05) is 13.8 Å². The minimum absolute atomic E-state index is 0.0521. The van der Waals surface area contributed by atoms with Crippen LogP contribution in [0.15, 0.2) is 0 Å². The van der Waals surface area contributed by atoms with Gasteiger partial charge in [0.15, 0.2) is 0 Å². The van der Waals surface area contributed by atoms with Gasteiger partial charge in [0.25, 0.3) is 0 Å². The van der Waals surface area contributed by atoms with Crippen LogP contribution in [0.4, 0.5) is 0 Å². The van der Waals surface area contributed by atoms with E-state index in [1.807, 2.05) is 20.8 Å². The van der Waals surface area contributed by atoms with Gasteiger partial charge in [-0.3, -0.25) is 4.79 Å². The molecule has 2 atom stereocenters. The van der Waals surface area contributed by atoms with Crippen LogP contribution < -0.4 is 5.32 Å². The molecule has 0 amide bonds. The number of nitrogens with one attached hydrogen (secondary N) is 1. The topological polar surface area (TPSA) is 38.3 Å². The Bertz CT molecular complexity index is 226. The van der Waals surface area contributed by atoms with Crippen molar-refractivity contribution in [2.24, 2.45) is 11.3 Å². The molecule has 0 saturated carbocycles. The molecule has 1 fully saturated rings. The van der Waals surface area contributed by atoms with E-state index in [2.05, 4.69) is 12.2 Å². The second-order valence-electron chi connectivity index (χ2n) is 5.15. The van der Waals surface area contributed by atoms with Gasteiger partial charge in [0.05, 0.1) is 5.41 Å². The predicted octanol–water partition coefficient (Wildman–Crippen LogP) is 1.96. The highest BCUT2D eigenvalue weighted by atomic mass is 16.5. The fourth-order valence-corrected chi connectivity index (χ4v) is 1.61. The molecule has 3 nitrogen and oxygen atoms in total. The lowest BCUT2D eigenvalue weighted by Gasteiger charge is -2.32. The minimum Gasteiger partial charge on any atom is -0.462 e. The smallest absolute Gasteiger partial charge is 0.311 e. The molecule has 1 saturated heterocycles. The van der Waals surface area contributed by atoms with E-state index in [4.69, 9.17) is 4.74 Å². The number of hydrogen-bond donors (Lipinski definition) is 1. The van der Waals surface area contributed by atoms with Gasteiger partial charge in [-0.05, 0) is 33.2 Å². The lowest BCUT2D eigenvalue weighted by atomic mass is 9.90. The molecule has 1 N–H and O–H groups in total. The van der Waals surface area contributed by atoms with Crippen molar-refractivity contribution in [2.75, 3.05) is 13.1 Å². The van der Waals surface area contributed by atoms with Gasteiger partial charge in [-0.25, -0.2) is 0 Å². The third-order valence-corrected chi connectivity index (χ3v) is 3.40. The van der Waals surface area contributed by atoms with E-state index in [0.717, 1.165) is 25.9 Å². The summed E-state index contributed by atoms with van der Waals surface area (Å²) in [5, 5.41) is 3.30. The minimum atomic E-state index is -0.343. The number of carbonyl (C=O) groups excluding carboxylic acids is 1. The maximum atomic E-state index is 11.9. The van der Waals surface area contributed by atoms with Crippen LogP contribution in [0.25, 0.3) is 0 Å². The zero-order chi connectivity index (χ0) is 11.5. The van der Waals surface area contributed by atoms with Crippen molar-refractivity contribution >= 4 is 5.97 Å². The monoisotopic (exact) mass is 213 g/mol. The standard InChI is InChI=1S/C12H23NO2/c1-5-12(3,4)11(14)15-10-6-7-13-8-9(10)2/h9-10,13H,5-8H2,1-4H3/t9-,10-/m0/s1. The van der Waals surface area contributed by atoms with Gasteiger partial charge in [-0.15, -0.1) is 0 Å². The van der Waals surface area contributed by atoms with Crippen LogP contribution in [0.1, 0.15) is 40.5 Å². The first-order valence-corrected chi connectivity index (χ1v) is 5.89. The molecule has 0 spiro atoms. The Morgan fingerprint density at radius 2 is 2.20 bits per heavy atom. The molecule has 0 unspecified atom stereocenters. The highest BCUT2D eigenvalue weighted by Gasteiger charge is 2.32. The Balaban J connectivity index is 2.50. The summed E-state index contributed by atoms with van der Waals surface area (Å²) in [5.41, 5.74) is -0.343. The molecule has 0 bridgehead atoms. The van der Waals surface area contributed by atoms with E-state index in [1.165, 1.54) is 0 Å². The van der Waals surface area contributed by atoms with Crippen molar-refractivity contribution in [3.8, 4) is 0 Å². The van der Waals surface area contributed by atoms with E-state index in [-0.39, 0.29) is 17.5 Å². The average molecular weight is 213 g/mol. The van der Waals surface area contributed by atoms with E-state index in [1.54, 1.807) is 0 Å². The number of ether oxygens (including phenoxy) is 1. The third kappa shape index (κ3) is 3.20. The fourth-order valence-electron chi connectivity index (χ4n) is 1.61. The van der Waals surface area contributed by atoms with Gasteiger partial charge in [-0.2, -0.15) is 0 Å². The molecule has 0 aromatic rings. The number of rotatable bonds is 3. The molecule has 1 rings (SSSR count). The Labute approximate surface area is 92.6 Å². The van der Waals surface area contributed by atoms with Crippen LogP contribution in [-0.2, 0) is 9.53 Å². The Morgan fingerprint density at radius 3 is 2.73 bits per heavy atom. The van der Waals surface area contributed by atoms with Crippen molar-refractivity contribution in [3.05, 3.63) is 0 Å². The van der Waals surface area contributed by atoms with Crippen LogP contribution in [0, 0.1) is 11.3 Å². The lowest BCUT2D eigenvalue weighted by molar-refractivity contribution is -0.163. The van der Waals surface area contributed by atoms with Gasteiger partial charge in [0.2, 0.25) is 0 Å². The highest BCUT2D eigenvalue weighted by molar-refractivity contribution is 5.76. The molecule has 0 aromatic heterocycles. The molecule has 15 heavy (non-hydrogen) atoms. The van der Waals surface area contributed by atoms with Crippen LogP contribution >= 0.6 is 0 Å². The zero-order valence-corrected chi connectivity index (χ0v) is 10.3. The Morgan fingerprint density at radius 1 is 1.53 bits per heavy atom.